The molecule has 1 aliphatic heterocycles. The molecular weight excluding hydrogens is 402 g/mol. The molecule has 4 aliphatic carbocycles. The number of para-hydroxylation sites is 1. The minimum absolute atomic E-state index is 0.0233. The Morgan fingerprint density at radius 3 is 2.16 bits per heavy atom. The van der Waals surface area contributed by atoms with Crippen LogP contribution >= 0.6 is 0 Å². The Morgan fingerprint density at radius 2 is 1.56 bits per heavy atom. The highest BCUT2D eigenvalue weighted by Gasteiger charge is 2.53. The lowest BCUT2D eigenvalue weighted by Crippen LogP contribution is -2.56. The van der Waals surface area contributed by atoms with E-state index in [-0.39, 0.29) is 31.1 Å². The van der Waals surface area contributed by atoms with Crippen molar-refractivity contribution in [3.8, 4) is 0 Å². The molecule has 1 N–H and O–H groups in total. The van der Waals surface area contributed by atoms with Gasteiger partial charge in [-0.15, -0.1) is 0 Å². The van der Waals surface area contributed by atoms with E-state index in [1.54, 1.807) is 0 Å². The Kier molecular flexibility index (Phi) is 6.15. The van der Waals surface area contributed by atoms with Gasteiger partial charge >= 0.3 is 0 Å². The monoisotopic (exact) mass is 439 g/mol. The van der Waals surface area contributed by atoms with Crippen LogP contribution in [0, 0.1) is 23.2 Å². The zero-order chi connectivity index (χ0) is 22.1. The second-order valence-electron chi connectivity index (χ2n) is 10.8. The van der Waals surface area contributed by atoms with Crippen LogP contribution in [0.4, 0.5) is 5.69 Å². The first kappa shape index (κ1) is 21.7. The van der Waals surface area contributed by atoms with Crippen LogP contribution in [0.1, 0.15) is 45.4 Å². The minimum Gasteiger partial charge on any atom is -0.368 e. The van der Waals surface area contributed by atoms with E-state index in [1.807, 2.05) is 23.1 Å². The summed E-state index contributed by atoms with van der Waals surface area (Å²) in [6, 6.07) is 10.5. The van der Waals surface area contributed by atoms with Crippen LogP contribution in [0.25, 0.3) is 0 Å². The molecule has 0 aromatic heterocycles. The number of hydrogen-bond donors (Lipinski definition) is 1. The summed E-state index contributed by atoms with van der Waals surface area (Å²) in [5.74, 6) is 2.50. The average molecular weight is 440 g/mol. The maximum Gasteiger partial charge on any atom is 0.248 e. The number of carbonyl (C=O) groups excluding carboxylic acids is 2. The Bertz CT molecular complexity index is 784. The molecule has 1 aromatic rings. The van der Waals surface area contributed by atoms with E-state index in [0.717, 1.165) is 30.8 Å². The van der Waals surface area contributed by atoms with E-state index in [2.05, 4.69) is 29.3 Å². The van der Waals surface area contributed by atoms with Crippen molar-refractivity contribution >= 4 is 17.5 Å². The fourth-order valence-electron chi connectivity index (χ4n) is 7.32. The van der Waals surface area contributed by atoms with Crippen molar-refractivity contribution in [3.05, 3.63) is 30.3 Å². The highest BCUT2D eigenvalue weighted by Crippen LogP contribution is 2.61. The Morgan fingerprint density at radius 1 is 0.969 bits per heavy atom. The van der Waals surface area contributed by atoms with Gasteiger partial charge in [0, 0.05) is 37.9 Å². The number of nitrogens with one attached hydrogen (secondary N) is 1. The molecule has 1 atom stereocenters. The van der Waals surface area contributed by atoms with Crippen LogP contribution in [-0.2, 0) is 14.3 Å². The summed E-state index contributed by atoms with van der Waals surface area (Å²) in [6.45, 7) is 5.13. The molecule has 0 spiro atoms. The molecule has 0 radical (unpaired) electrons. The van der Waals surface area contributed by atoms with Gasteiger partial charge < -0.3 is 19.9 Å². The van der Waals surface area contributed by atoms with Gasteiger partial charge in [0.25, 0.3) is 0 Å². The van der Waals surface area contributed by atoms with Crippen LogP contribution in [0.5, 0.6) is 0 Å². The number of amides is 2. The minimum atomic E-state index is -0.0880. The number of nitrogens with zero attached hydrogens (tertiary/aromatic N) is 2. The summed E-state index contributed by atoms with van der Waals surface area (Å²) >= 11 is 0. The molecule has 6 nitrogen and oxygen atoms in total. The van der Waals surface area contributed by atoms with Crippen molar-refractivity contribution in [2.75, 3.05) is 44.3 Å². The third-order valence-corrected chi connectivity index (χ3v) is 8.59. The highest BCUT2D eigenvalue weighted by molar-refractivity contribution is 5.80. The number of benzene rings is 1. The Labute approximate surface area is 191 Å². The zero-order valence-electron chi connectivity index (χ0n) is 19.3. The molecule has 1 heterocycles. The van der Waals surface area contributed by atoms with E-state index in [9.17, 15) is 9.59 Å². The van der Waals surface area contributed by atoms with E-state index in [1.165, 1.54) is 44.2 Å². The van der Waals surface area contributed by atoms with E-state index < -0.39 is 0 Å². The lowest BCUT2D eigenvalue weighted by molar-refractivity contribution is -0.139. The first-order chi connectivity index (χ1) is 15.5. The van der Waals surface area contributed by atoms with Crippen molar-refractivity contribution in [1.29, 1.82) is 0 Å². The molecule has 5 aliphatic rings. The van der Waals surface area contributed by atoms with Gasteiger partial charge in [0.15, 0.2) is 0 Å². The molecule has 4 bridgehead atoms. The van der Waals surface area contributed by atoms with Crippen molar-refractivity contribution in [1.82, 2.24) is 10.2 Å². The molecule has 6 heteroatoms. The molecule has 4 saturated carbocycles. The van der Waals surface area contributed by atoms with Crippen molar-refractivity contribution < 1.29 is 14.3 Å². The number of piperazine rings is 1. The Hall–Kier alpha value is -2.08. The van der Waals surface area contributed by atoms with E-state index in [4.69, 9.17) is 4.74 Å². The molecule has 2 amide bonds. The summed E-state index contributed by atoms with van der Waals surface area (Å²) in [7, 11) is 0. The highest BCUT2D eigenvalue weighted by atomic mass is 16.5. The second kappa shape index (κ2) is 9.05. The largest absolute Gasteiger partial charge is 0.368 e. The molecule has 6 rings (SSSR count). The van der Waals surface area contributed by atoms with Gasteiger partial charge in [-0.05, 0) is 80.8 Å². The molecule has 32 heavy (non-hydrogen) atoms. The molecular formula is C26H37N3O3. The predicted molar refractivity (Wildman–Crippen MR) is 124 cm³/mol. The smallest absolute Gasteiger partial charge is 0.248 e. The molecule has 1 saturated heterocycles. The SMILES string of the molecule is CC(NC(=O)COCC(=O)N1CCN(c2ccccc2)CC1)C12CC3CC(CC(C3)C1)C2. The third kappa shape index (κ3) is 4.52. The van der Waals surface area contributed by atoms with Gasteiger partial charge in [-0.1, -0.05) is 18.2 Å². The Balaban J connectivity index is 1.03. The normalized spacial score (nSPS) is 32.1. The third-order valence-electron chi connectivity index (χ3n) is 8.59. The number of carbonyl (C=O) groups is 2. The molecule has 174 valence electrons. The topological polar surface area (TPSA) is 61.9 Å². The molecule has 5 fully saturated rings. The fourth-order valence-corrected chi connectivity index (χ4v) is 7.32. The summed E-state index contributed by atoms with van der Waals surface area (Å²) in [5.41, 5.74) is 1.49. The van der Waals surface area contributed by atoms with Gasteiger partial charge in [0.05, 0.1) is 0 Å². The second-order valence-corrected chi connectivity index (χ2v) is 10.8. The lowest BCUT2D eigenvalue weighted by atomic mass is 9.48. The number of anilines is 1. The van der Waals surface area contributed by atoms with Crippen LogP contribution in [-0.4, -0.2) is 62.1 Å². The lowest BCUT2D eigenvalue weighted by Gasteiger charge is -2.59. The summed E-state index contributed by atoms with van der Waals surface area (Å²) in [6.07, 6.45) is 8.04. The fraction of sp³-hybridized carbons (Fsp3) is 0.692. The first-order valence-electron chi connectivity index (χ1n) is 12.5. The van der Waals surface area contributed by atoms with Gasteiger partial charge in [0.2, 0.25) is 11.8 Å². The van der Waals surface area contributed by atoms with E-state index in [0.29, 0.717) is 18.5 Å². The number of rotatable bonds is 7. The molecule has 1 unspecified atom stereocenters. The van der Waals surface area contributed by atoms with Gasteiger partial charge in [-0.25, -0.2) is 0 Å². The van der Waals surface area contributed by atoms with Crippen molar-refractivity contribution in [3.63, 3.8) is 0 Å². The standard InChI is InChI=1S/C26H37N3O3/c1-19(26-14-20-11-21(15-26)13-22(12-20)16-26)27-24(30)17-32-18-25(31)29-9-7-28(8-10-29)23-5-3-2-4-6-23/h2-6,19-22H,7-18H2,1H3,(H,27,30). The summed E-state index contributed by atoms with van der Waals surface area (Å²) in [4.78, 5) is 29.2. The van der Waals surface area contributed by atoms with Gasteiger partial charge in [-0.3, -0.25) is 9.59 Å². The zero-order valence-corrected chi connectivity index (χ0v) is 19.3. The van der Waals surface area contributed by atoms with Gasteiger partial charge in [0.1, 0.15) is 13.2 Å². The maximum atomic E-state index is 12.5. The van der Waals surface area contributed by atoms with Gasteiger partial charge in [-0.2, -0.15) is 0 Å². The quantitative estimate of drug-likeness (QED) is 0.709. The maximum absolute atomic E-state index is 12.5. The van der Waals surface area contributed by atoms with Crippen LogP contribution in [0.15, 0.2) is 30.3 Å². The number of ether oxygens (including phenoxy) is 1. The first-order valence-corrected chi connectivity index (χ1v) is 12.5. The average Bonchev–Trinajstić information content (AvgIpc) is 2.79. The summed E-state index contributed by atoms with van der Waals surface area (Å²) in [5, 5.41) is 3.22. The van der Waals surface area contributed by atoms with Crippen LogP contribution < -0.4 is 10.2 Å². The summed E-state index contributed by atoms with van der Waals surface area (Å²) < 4.78 is 5.52. The van der Waals surface area contributed by atoms with Crippen molar-refractivity contribution in [2.45, 2.75) is 51.5 Å². The molecule has 1 aromatic carbocycles. The van der Waals surface area contributed by atoms with Crippen molar-refractivity contribution in [2.24, 2.45) is 23.2 Å². The number of hydrogen-bond acceptors (Lipinski definition) is 4. The predicted octanol–water partition coefficient (Wildman–Crippen LogP) is 3.07. The van der Waals surface area contributed by atoms with E-state index >= 15 is 0 Å². The van der Waals surface area contributed by atoms with Crippen LogP contribution in [0.3, 0.4) is 0 Å². The van der Waals surface area contributed by atoms with Crippen LogP contribution in [0.2, 0.25) is 0 Å².